The van der Waals surface area contributed by atoms with E-state index < -0.39 is 9.85 Å². The van der Waals surface area contributed by atoms with Gasteiger partial charge < -0.3 is 29.6 Å². The second-order valence-electron chi connectivity index (χ2n) is 15.5. The summed E-state index contributed by atoms with van der Waals surface area (Å²) in [5.74, 6) is 0.0280. The van der Waals surface area contributed by atoms with Crippen LogP contribution < -0.4 is 29.6 Å². The van der Waals surface area contributed by atoms with Gasteiger partial charge in [0.05, 0.1) is 49.4 Å². The number of methoxy groups -OCH3 is 4. The zero-order chi connectivity index (χ0) is 51.6. The molecule has 18 nitrogen and oxygen atoms in total. The topological polar surface area (TPSA) is 231 Å². The number of para-hydroxylation sites is 2. The Labute approximate surface area is 421 Å². The summed E-state index contributed by atoms with van der Waals surface area (Å²) in [6, 6.07) is 37.8. The number of nitrogens with zero attached hydrogens (tertiary/aromatic N) is 6. The molecule has 2 N–H and O–H groups in total. The number of amides is 2. The van der Waals surface area contributed by atoms with Crippen molar-refractivity contribution in [2.24, 2.45) is 20.5 Å². The highest BCUT2D eigenvalue weighted by molar-refractivity contribution is 6.33. The van der Waals surface area contributed by atoms with Gasteiger partial charge in [0.25, 0.3) is 23.2 Å². The van der Waals surface area contributed by atoms with Gasteiger partial charge >= 0.3 is 0 Å². The zero-order valence-electron chi connectivity index (χ0n) is 39.2. The first-order valence-corrected chi connectivity index (χ1v) is 22.2. The Kier molecular flexibility index (Phi) is 16.0. The average molecular weight is 1010 g/mol. The Morgan fingerprint density at radius 2 is 0.861 bits per heavy atom. The second-order valence-corrected chi connectivity index (χ2v) is 16.3. The van der Waals surface area contributed by atoms with E-state index in [-0.39, 0.29) is 90.1 Å². The van der Waals surface area contributed by atoms with Crippen LogP contribution in [0.3, 0.4) is 0 Å². The van der Waals surface area contributed by atoms with Crippen molar-refractivity contribution in [2.45, 2.75) is 13.8 Å². The molecule has 0 unspecified atom stereocenters. The highest BCUT2D eigenvalue weighted by Gasteiger charge is 2.24. The van der Waals surface area contributed by atoms with Crippen molar-refractivity contribution in [2.75, 3.05) is 39.1 Å². The van der Waals surface area contributed by atoms with Crippen LogP contribution in [-0.2, 0) is 0 Å². The zero-order valence-corrected chi connectivity index (χ0v) is 40.7. The van der Waals surface area contributed by atoms with Crippen LogP contribution >= 0.6 is 23.2 Å². The van der Waals surface area contributed by atoms with Crippen LogP contribution in [-0.4, -0.2) is 50.1 Å². The van der Waals surface area contributed by atoms with Crippen molar-refractivity contribution in [1.29, 1.82) is 0 Å². The van der Waals surface area contributed by atoms with Crippen molar-refractivity contribution in [3.8, 4) is 23.0 Å². The number of nitrogens with one attached hydrogen (secondary N) is 2. The van der Waals surface area contributed by atoms with E-state index in [1.54, 1.807) is 24.3 Å². The SMILES string of the molecule is COc1cc(Cl)c([N+](=O)[O-])cc1N=Nc1c(OC)c(C(=O)Nc2ccccc2C)cc2ccccc12.COc1cc(Cl)c([N+](=O)[O-])cc1N=Nc1c(OC)c(C(=O)Nc2ccccc2C)cc2ccccc12. The monoisotopic (exact) mass is 1010 g/mol. The van der Waals surface area contributed by atoms with Gasteiger partial charge in [-0.05, 0) is 60.0 Å². The van der Waals surface area contributed by atoms with Crippen molar-refractivity contribution in [3.05, 3.63) is 186 Å². The van der Waals surface area contributed by atoms with Gasteiger partial charge in [0, 0.05) is 46.4 Å². The molecule has 0 aromatic heterocycles. The van der Waals surface area contributed by atoms with E-state index in [0.717, 1.165) is 21.9 Å². The Hall–Kier alpha value is -9.00. The predicted octanol–water partition coefficient (Wildman–Crippen LogP) is 14.8. The number of fused-ring (bicyclic) bond motifs is 2. The first-order valence-electron chi connectivity index (χ1n) is 21.5. The maximum absolute atomic E-state index is 13.3. The molecule has 2 amide bonds. The Morgan fingerprint density at radius 1 is 0.500 bits per heavy atom. The number of carbonyl (C=O) groups excluding carboxylic acids is 2. The summed E-state index contributed by atoms with van der Waals surface area (Å²) in [6.45, 7) is 3.79. The van der Waals surface area contributed by atoms with E-state index in [1.165, 1.54) is 52.7 Å². The molecule has 72 heavy (non-hydrogen) atoms. The van der Waals surface area contributed by atoms with Crippen LogP contribution in [0, 0.1) is 34.1 Å². The first kappa shape index (κ1) is 50.9. The molecule has 0 aliphatic rings. The van der Waals surface area contributed by atoms with E-state index in [2.05, 4.69) is 31.1 Å². The fourth-order valence-electron chi connectivity index (χ4n) is 7.41. The van der Waals surface area contributed by atoms with Crippen LogP contribution in [0.25, 0.3) is 21.5 Å². The maximum atomic E-state index is 13.3. The molecule has 0 radical (unpaired) electrons. The number of rotatable bonds is 14. The van der Waals surface area contributed by atoms with E-state index in [9.17, 15) is 29.8 Å². The van der Waals surface area contributed by atoms with Gasteiger partial charge in [-0.15, -0.1) is 20.5 Å². The number of hydrogen-bond acceptors (Lipinski definition) is 14. The minimum Gasteiger partial charge on any atom is -0.494 e. The van der Waals surface area contributed by atoms with Crippen LogP contribution in [0.2, 0.25) is 10.0 Å². The highest BCUT2D eigenvalue weighted by Crippen LogP contribution is 2.45. The predicted molar refractivity (Wildman–Crippen MR) is 277 cm³/mol. The molecule has 0 bridgehead atoms. The summed E-state index contributed by atoms with van der Waals surface area (Å²) in [6.07, 6.45) is 0. The number of anilines is 2. The summed E-state index contributed by atoms with van der Waals surface area (Å²) in [7, 11) is 5.65. The van der Waals surface area contributed by atoms with Crippen molar-refractivity contribution in [1.82, 2.24) is 0 Å². The number of aryl methyl sites for hydroxylation is 2. The fraction of sp³-hybridized carbons (Fsp3) is 0.115. The van der Waals surface area contributed by atoms with Crippen molar-refractivity contribution < 1.29 is 38.4 Å². The molecular weight excluding hydrogens is 968 g/mol. The van der Waals surface area contributed by atoms with Crippen LogP contribution in [0.4, 0.5) is 45.5 Å². The smallest absolute Gasteiger partial charge is 0.290 e. The molecule has 0 fully saturated rings. The Bertz CT molecular complexity index is 3270. The van der Waals surface area contributed by atoms with E-state index in [0.29, 0.717) is 22.1 Å². The van der Waals surface area contributed by atoms with Gasteiger partial charge in [0.1, 0.15) is 44.3 Å². The van der Waals surface area contributed by atoms with E-state index in [4.69, 9.17) is 42.1 Å². The summed E-state index contributed by atoms with van der Waals surface area (Å²) in [4.78, 5) is 48.1. The molecule has 0 heterocycles. The quantitative estimate of drug-likeness (QED) is 0.0594. The molecule has 0 saturated carbocycles. The minimum absolute atomic E-state index is 0.0892. The van der Waals surface area contributed by atoms with Gasteiger partial charge in [0.2, 0.25) is 0 Å². The maximum Gasteiger partial charge on any atom is 0.290 e. The van der Waals surface area contributed by atoms with Crippen LogP contribution in [0.15, 0.2) is 154 Å². The molecule has 364 valence electrons. The van der Waals surface area contributed by atoms with Gasteiger partial charge in [-0.3, -0.25) is 29.8 Å². The summed E-state index contributed by atoms with van der Waals surface area (Å²) < 4.78 is 21.8. The Balaban J connectivity index is 0.000000211. The summed E-state index contributed by atoms with van der Waals surface area (Å²) in [5.41, 5.74) is 3.72. The van der Waals surface area contributed by atoms with Gasteiger partial charge in [-0.25, -0.2) is 0 Å². The third-order valence-electron chi connectivity index (χ3n) is 11.0. The van der Waals surface area contributed by atoms with Crippen LogP contribution in [0.5, 0.6) is 23.0 Å². The number of azo groups is 2. The molecule has 0 aliphatic heterocycles. The summed E-state index contributed by atoms with van der Waals surface area (Å²) >= 11 is 12.0. The lowest BCUT2D eigenvalue weighted by molar-refractivity contribution is -0.384. The number of halogens is 2. The molecule has 0 atom stereocenters. The van der Waals surface area contributed by atoms with E-state index >= 15 is 0 Å². The lowest BCUT2D eigenvalue weighted by Gasteiger charge is -2.15. The molecular formula is C52H42Cl2N8O10. The molecule has 8 aromatic carbocycles. The van der Waals surface area contributed by atoms with Gasteiger partial charge in [0.15, 0.2) is 11.5 Å². The number of nitro groups is 2. The largest absolute Gasteiger partial charge is 0.494 e. The van der Waals surface area contributed by atoms with Crippen molar-refractivity contribution >= 4 is 102 Å². The van der Waals surface area contributed by atoms with E-state index in [1.807, 2.05) is 98.8 Å². The fourth-order valence-corrected chi connectivity index (χ4v) is 7.85. The molecule has 0 aliphatic carbocycles. The van der Waals surface area contributed by atoms with Crippen LogP contribution in [0.1, 0.15) is 31.8 Å². The number of hydrogen-bond donors (Lipinski definition) is 2. The molecule has 0 spiro atoms. The van der Waals surface area contributed by atoms with Gasteiger partial charge in [-0.2, -0.15) is 0 Å². The average Bonchev–Trinajstić information content (AvgIpc) is 3.38. The molecule has 20 heteroatoms. The molecule has 8 rings (SSSR count). The lowest BCUT2D eigenvalue weighted by atomic mass is 10.0. The van der Waals surface area contributed by atoms with Crippen molar-refractivity contribution in [3.63, 3.8) is 0 Å². The minimum atomic E-state index is -0.618. The van der Waals surface area contributed by atoms with Gasteiger partial charge in [-0.1, -0.05) is 108 Å². The highest BCUT2D eigenvalue weighted by atomic mass is 35.5. The molecule has 0 saturated heterocycles. The standard InChI is InChI=1S/2C26H21ClN4O5/c2*1-15-8-4-7-11-20(15)28-26(32)18-12-16-9-5-6-10-17(16)24(25(18)36-3)30-29-21-14-22(31(33)34)19(27)13-23(21)35-2/h2*4-14H,1-3H3,(H,28,32). The normalized spacial score (nSPS) is 11.0. The number of nitro benzene ring substituents is 2. The Morgan fingerprint density at radius 3 is 1.21 bits per heavy atom. The third kappa shape index (κ3) is 11.0. The number of carbonyl (C=O) groups is 2. The number of ether oxygens (including phenoxy) is 4. The summed E-state index contributed by atoms with van der Waals surface area (Å²) in [5, 5.41) is 48.3. The third-order valence-corrected chi connectivity index (χ3v) is 11.6. The first-order chi connectivity index (χ1) is 34.7. The lowest BCUT2D eigenvalue weighted by Crippen LogP contribution is -2.14. The molecule has 8 aromatic rings. The number of benzene rings is 8. The second kappa shape index (κ2) is 22.6.